The van der Waals surface area contributed by atoms with Crippen molar-refractivity contribution in [3.05, 3.63) is 5.56 Å². The van der Waals surface area contributed by atoms with E-state index in [1.54, 1.807) is 6.92 Å². The Balaban J connectivity index is 2.96. The van der Waals surface area contributed by atoms with Crippen LogP contribution in [0.2, 0.25) is 0 Å². The molecule has 0 amide bonds. The topological polar surface area (TPSA) is 81.0 Å². The number of aromatic nitrogens is 2. The van der Waals surface area contributed by atoms with Gasteiger partial charge < -0.3 is 10.5 Å². The van der Waals surface area contributed by atoms with E-state index in [0.717, 1.165) is 0 Å². The molecule has 0 aromatic carbocycles. The second-order valence-electron chi connectivity index (χ2n) is 2.24. The van der Waals surface area contributed by atoms with Gasteiger partial charge in [-0.25, -0.2) is 4.79 Å². The molecule has 1 heterocycles. The molecule has 13 heavy (non-hydrogen) atoms. The van der Waals surface area contributed by atoms with Gasteiger partial charge in [-0.3, -0.25) is 5.10 Å². The summed E-state index contributed by atoms with van der Waals surface area (Å²) in [5, 5.41) is 6.95. The van der Waals surface area contributed by atoms with Crippen LogP contribution in [0.1, 0.15) is 17.3 Å². The monoisotopic (exact) mass is 199 g/mol. The third kappa shape index (κ3) is 1.97. The van der Waals surface area contributed by atoms with Gasteiger partial charge in [-0.05, 0) is 6.92 Å². The molecule has 0 atom stereocenters. The summed E-state index contributed by atoms with van der Waals surface area (Å²) in [6.07, 6.45) is 0. The fourth-order valence-electron chi connectivity index (χ4n) is 0.886. The molecule has 0 unspecified atom stereocenters. The van der Waals surface area contributed by atoms with Crippen LogP contribution in [-0.2, 0) is 4.74 Å². The van der Waals surface area contributed by atoms with Crippen molar-refractivity contribution in [2.24, 2.45) is 0 Å². The molecule has 0 spiro atoms. The maximum Gasteiger partial charge on any atom is 0.344 e. The first-order chi connectivity index (χ1) is 6.20. The second kappa shape index (κ2) is 4.22. The molecular formula is C6H10BN3O2S. The fourth-order valence-corrected chi connectivity index (χ4v) is 1.42. The van der Waals surface area contributed by atoms with Gasteiger partial charge in [-0.1, -0.05) is 0 Å². The normalized spacial score (nSPS) is 9.92. The van der Waals surface area contributed by atoms with Crippen LogP contribution < -0.4 is 5.73 Å². The molecule has 1 aromatic rings. The smallest absolute Gasteiger partial charge is 0.344 e. The molecule has 7 heteroatoms. The van der Waals surface area contributed by atoms with Gasteiger partial charge in [0, 0.05) is 0 Å². The lowest BCUT2D eigenvalue weighted by atomic mass is 10.3. The molecule has 0 aliphatic rings. The lowest BCUT2D eigenvalue weighted by molar-refractivity contribution is 0.0523. The number of nitrogens with two attached hydrogens (primary N) is 1. The highest BCUT2D eigenvalue weighted by molar-refractivity contribution is 8.19. The lowest BCUT2D eigenvalue weighted by Crippen LogP contribution is -2.07. The molecule has 70 valence electrons. The number of hydrogen-bond donors (Lipinski definition) is 2. The van der Waals surface area contributed by atoms with E-state index < -0.39 is 5.97 Å². The molecule has 0 radical (unpaired) electrons. The zero-order valence-electron chi connectivity index (χ0n) is 7.46. The van der Waals surface area contributed by atoms with Crippen LogP contribution >= 0.6 is 11.6 Å². The number of nitrogens with one attached hydrogen (secondary N) is 1. The molecule has 0 saturated heterocycles. The van der Waals surface area contributed by atoms with E-state index in [1.807, 2.05) is 7.12 Å². The minimum Gasteiger partial charge on any atom is -0.462 e. The molecular weight excluding hydrogens is 189 g/mol. The number of aromatic amines is 1. The van der Waals surface area contributed by atoms with Gasteiger partial charge in [0.15, 0.2) is 7.12 Å². The number of hydrogen-bond acceptors (Lipinski definition) is 5. The highest BCUT2D eigenvalue weighted by Crippen LogP contribution is 2.22. The second-order valence-corrected chi connectivity index (χ2v) is 3.04. The summed E-state index contributed by atoms with van der Waals surface area (Å²) in [4.78, 5) is 11.3. The van der Waals surface area contributed by atoms with Crippen molar-refractivity contribution < 1.29 is 9.53 Å². The first kappa shape index (κ1) is 9.98. The number of H-pyrrole nitrogens is 1. The number of carbonyl (C=O) groups is 1. The zero-order chi connectivity index (χ0) is 9.84. The Morgan fingerprint density at radius 3 is 3.08 bits per heavy atom. The maximum absolute atomic E-state index is 11.3. The van der Waals surface area contributed by atoms with E-state index in [0.29, 0.717) is 17.2 Å². The highest BCUT2D eigenvalue weighted by atomic mass is 32.2. The number of rotatable bonds is 3. The van der Waals surface area contributed by atoms with Crippen LogP contribution in [-0.4, -0.2) is 29.9 Å². The predicted molar refractivity (Wildman–Crippen MR) is 53.4 cm³/mol. The van der Waals surface area contributed by atoms with E-state index >= 15 is 0 Å². The Morgan fingerprint density at radius 2 is 2.54 bits per heavy atom. The van der Waals surface area contributed by atoms with Crippen LogP contribution in [0.5, 0.6) is 0 Å². The standard InChI is InChI=1S/C6H10BN3O2S/c1-2-12-6(11)3-4(8)9-10-5(3)13-7/h2,7H2,1H3,(H3,8,9,10). The summed E-state index contributed by atoms with van der Waals surface area (Å²) in [5.74, 6) is -0.180. The molecule has 0 aliphatic carbocycles. The number of nitrogen functional groups attached to an aromatic ring is 1. The maximum atomic E-state index is 11.3. The Kier molecular flexibility index (Phi) is 3.24. The lowest BCUT2D eigenvalue weighted by Gasteiger charge is -2.00. The van der Waals surface area contributed by atoms with E-state index in [-0.39, 0.29) is 5.82 Å². The Morgan fingerprint density at radius 1 is 1.85 bits per heavy atom. The van der Waals surface area contributed by atoms with Gasteiger partial charge in [-0.2, -0.15) is 16.7 Å². The van der Waals surface area contributed by atoms with Crippen molar-refractivity contribution >= 4 is 30.5 Å². The molecule has 0 saturated carbocycles. The van der Waals surface area contributed by atoms with Gasteiger partial charge in [-0.15, -0.1) is 0 Å². The summed E-state index contributed by atoms with van der Waals surface area (Å²) in [7, 11) is 1.82. The Bertz CT molecular complexity index is 315. The summed E-state index contributed by atoms with van der Waals surface area (Å²) >= 11 is 1.35. The van der Waals surface area contributed by atoms with E-state index in [2.05, 4.69) is 10.2 Å². The summed E-state index contributed by atoms with van der Waals surface area (Å²) in [6, 6.07) is 0. The number of carbonyl (C=O) groups excluding carboxylic acids is 1. The summed E-state index contributed by atoms with van der Waals surface area (Å²) in [5.41, 5.74) is 5.84. The molecule has 0 bridgehead atoms. The first-order valence-corrected chi connectivity index (χ1v) is 4.98. The minimum atomic E-state index is -0.432. The van der Waals surface area contributed by atoms with Crippen molar-refractivity contribution in [3.8, 4) is 0 Å². The first-order valence-electron chi connectivity index (χ1n) is 3.75. The molecule has 5 nitrogen and oxygen atoms in total. The van der Waals surface area contributed by atoms with Gasteiger partial charge >= 0.3 is 5.97 Å². The highest BCUT2D eigenvalue weighted by Gasteiger charge is 2.18. The SMILES string of the molecule is BSc1n[nH]c(N)c1C(=O)OCC. The number of anilines is 1. The number of ether oxygens (including phenoxy) is 1. The van der Waals surface area contributed by atoms with Crippen LogP contribution in [0, 0.1) is 0 Å². The van der Waals surface area contributed by atoms with E-state index in [4.69, 9.17) is 10.5 Å². The van der Waals surface area contributed by atoms with Crippen molar-refractivity contribution in [3.63, 3.8) is 0 Å². The van der Waals surface area contributed by atoms with E-state index in [9.17, 15) is 4.79 Å². The van der Waals surface area contributed by atoms with Crippen molar-refractivity contribution in [2.75, 3.05) is 12.3 Å². The van der Waals surface area contributed by atoms with Crippen LogP contribution in [0.25, 0.3) is 0 Å². The predicted octanol–water partition coefficient (Wildman–Crippen LogP) is -0.191. The molecule has 0 aliphatic heterocycles. The quantitative estimate of drug-likeness (QED) is 0.520. The van der Waals surface area contributed by atoms with Crippen LogP contribution in [0.15, 0.2) is 5.03 Å². The number of esters is 1. The molecule has 0 fully saturated rings. The molecule has 3 N–H and O–H groups in total. The average Bonchev–Trinajstić information content (AvgIpc) is 2.47. The third-order valence-electron chi connectivity index (χ3n) is 1.43. The van der Waals surface area contributed by atoms with Crippen molar-refractivity contribution in [1.82, 2.24) is 10.2 Å². The van der Waals surface area contributed by atoms with E-state index in [1.165, 1.54) is 11.6 Å². The van der Waals surface area contributed by atoms with Crippen LogP contribution in [0.3, 0.4) is 0 Å². The van der Waals surface area contributed by atoms with Gasteiger partial charge in [0.05, 0.1) is 6.61 Å². The Labute approximate surface area is 80.7 Å². The third-order valence-corrected chi connectivity index (χ3v) is 2.12. The van der Waals surface area contributed by atoms with Crippen LogP contribution in [0.4, 0.5) is 5.82 Å². The van der Waals surface area contributed by atoms with Crippen molar-refractivity contribution in [2.45, 2.75) is 11.9 Å². The molecule has 1 aromatic heterocycles. The van der Waals surface area contributed by atoms with Crippen molar-refractivity contribution in [1.29, 1.82) is 0 Å². The summed E-state index contributed by atoms with van der Waals surface area (Å²) < 4.78 is 4.82. The zero-order valence-corrected chi connectivity index (χ0v) is 8.27. The Hall–Kier alpha value is -1.11. The largest absolute Gasteiger partial charge is 0.462 e. The number of nitrogens with zero attached hydrogens (tertiary/aromatic N) is 1. The fraction of sp³-hybridized carbons (Fsp3) is 0.333. The minimum absolute atomic E-state index is 0.253. The van der Waals surface area contributed by atoms with Gasteiger partial charge in [0.2, 0.25) is 0 Å². The van der Waals surface area contributed by atoms with Gasteiger partial charge in [0.25, 0.3) is 0 Å². The summed E-state index contributed by atoms with van der Waals surface area (Å²) in [6.45, 7) is 2.07. The molecule has 1 rings (SSSR count). The van der Waals surface area contributed by atoms with Gasteiger partial charge in [0.1, 0.15) is 16.4 Å². The average molecular weight is 199 g/mol.